The summed E-state index contributed by atoms with van der Waals surface area (Å²) < 4.78 is 0. The zero-order chi connectivity index (χ0) is 8.36. The Balaban J connectivity index is 4.31. The van der Waals surface area contributed by atoms with Crippen molar-refractivity contribution in [1.82, 2.24) is 0 Å². The highest BCUT2D eigenvalue weighted by Crippen LogP contribution is 2.22. The molecule has 0 aromatic carbocycles. The predicted molar refractivity (Wildman–Crippen MR) is 38.2 cm³/mol. The molecule has 10 heavy (non-hydrogen) atoms. The minimum Gasteiger partial charge on any atom is -0.369 e. The van der Waals surface area contributed by atoms with Gasteiger partial charge in [-0.2, -0.15) is 0 Å². The van der Waals surface area contributed by atoms with Crippen LogP contribution in [0.5, 0.6) is 0 Å². The van der Waals surface area contributed by atoms with Crippen molar-refractivity contribution >= 4 is 12.2 Å². The fourth-order valence-corrected chi connectivity index (χ4v) is 0.469. The zero-order valence-corrected chi connectivity index (χ0v) is 6.55. The fourth-order valence-electron chi connectivity index (χ4n) is 0.469. The van der Waals surface area contributed by atoms with Gasteiger partial charge in [-0.05, 0) is 0 Å². The number of carbonyl (C=O) groups excluding carboxylic acids is 2. The van der Waals surface area contributed by atoms with Crippen LogP contribution in [-0.2, 0) is 9.59 Å². The summed E-state index contributed by atoms with van der Waals surface area (Å²) in [5.74, 6) is -0.831. The van der Waals surface area contributed by atoms with E-state index >= 15 is 0 Å². The van der Waals surface area contributed by atoms with Crippen LogP contribution in [0.2, 0.25) is 0 Å². The molecule has 0 bridgehead atoms. The Labute approximate surface area is 60.6 Å². The number of aldehydes is 1. The maximum Gasteiger partial charge on any atom is 0.221 e. The van der Waals surface area contributed by atoms with Crippen LogP contribution in [-0.4, -0.2) is 12.2 Å². The van der Waals surface area contributed by atoms with Crippen molar-refractivity contribution < 1.29 is 9.59 Å². The lowest BCUT2D eigenvalue weighted by atomic mass is 9.81. The van der Waals surface area contributed by atoms with Crippen molar-refractivity contribution in [3.05, 3.63) is 0 Å². The predicted octanol–water partition coefficient (Wildman–Crippen LogP) is 0.333. The van der Waals surface area contributed by atoms with Gasteiger partial charge < -0.3 is 10.5 Å². The van der Waals surface area contributed by atoms with Crippen LogP contribution in [0.25, 0.3) is 0 Å². The Kier molecular flexibility index (Phi) is 2.57. The molecule has 0 aromatic heterocycles. The molecule has 3 nitrogen and oxygen atoms in total. The molecule has 3 heteroatoms. The first-order chi connectivity index (χ1) is 4.41. The number of amides is 1. The molecule has 2 N–H and O–H groups in total. The molecule has 0 aliphatic rings. The van der Waals surface area contributed by atoms with E-state index in [1.54, 1.807) is 20.8 Å². The van der Waals surface area contributed by atoms with Gasteiger partial charge in [0.1, 0.15) is 6.29 Å². The number of carbonyl (C=O) groups is 2. The molecule has 0 fully saturated rings. The van der Waals surface area contributed by atoms with Crippen LogP contribution in [0.1, 0.15) is 20.8 Å². The maximum absolute atomic E-state index is 10.6. The van der Waals surface area contributed by atoms with Gasteiger partial charge in [0.15, 0.2) is 0 Å². The fraction of sp³-hybridized carbons (Fsp3) is 0.714. The van der Waals surface area contributed by atoms with Crippen LogP contribution < -0.4 is 5.73 Å². The molecule has 0 aliphatic heterocycles. The lowest BCUT2D eigenvalue weighted by Gasteiger charge is -2.21. The Hall–Kier alpha value is -0.860. The Morgan fingerprint density at radius 1 is 1.60 bits per heavy atom. The summed E-state index contributed by atoms with van der Waals surface area (Å²) in [6, 6.07) is 0. The molecule has 0 aliphatic carbocycles. The van der Waals surface area contributed by atoms with Crippen molar-refractivity contribution in [3.8, 4) is 0 Å². The van der Waals surface area contributed by atoms with Gasteiger partial charge in [-0.15, -0.1) is 0 Å². The Bertz CT molecular complexity index is 152. The zero-order valence-electron chi connectivity index (χ0n) is 6.55. The van der Waals surface area contributed by atoms with Gasteiger partial charge in [0.05, 0.1) is 0 Å². The van der Waals surface area contributed by atoms with Crippen molar-refractivity contribution in [3.63, 3.8) is 0 Å². The second kappa shape index (κ2) is 2.82. The molecule has 0 rings (SSSR count). The van der Waals surface area contributed by atoms with Crippen LogP contribution in [0.3, 0.4) is 0 Å². The molecular weight excluding hydrogens is 130 g/mol. The monoisotopic (exact) mass is 143 g/mol. The lowest BCUT2D eigenvalue weighted by Crippen LogP contribution is -2.34. The maximum atomic E-state index is 10.6. The summed E-state index contributed by atoms with van der Waals surface area (Å²) in [4.78, 5) is 20.9. The SMILES string of the molecule is CC(C(N)=O)C(C)(C)C=O. The van der Waals surface area contributed by atoms with Gasteiger partial charge in [-0.3, -0.25) is 4.79 Å². The first-order valence-corrected chi connectivity index (χ1v) is 3.17. The van der Waals surface area contributed by atoms with Crippen LogP contribution in [0.4, 0.5) is 0 Å². The molecule has 1 amide bonds. The highest BCUT2D eigenvalue weighted by atomic mass is 16.1. The van der Waals surface area contributed by atoms with Gasteiger partial charge in [0, 0.05) is 11.3 Å². The first-order valence-electron chi connectivity index (χ1n) is 3.17. The standard InChI is InChI=1S/C7H13NO2/c1-5(6(8)10)7(2,3)4-9/h4-5H,1-3H3,(H2,8,10). The van der Waals surface area contributed by atoms with Gasteiger partial charge >= 0.3 is 0 Å². The second-order valence-electron chi connectivity index (χ2n) is 3.06. The molecule has 58 valence electrons. The van der Waals surface area contributed by atoms with E-state index in [2.05, 4.69) is 0 Å². The molecule has 0 heterocycles. The van der Waals surface area contributed by atoms with Gasteiger partial charge in [0.25, 0.3) is 0 Å². The normalized spacial score (nSPS) is 14.3. The van der Waals surface area contributed by atoms with E-state index in [1.807, 2.05) is 0 Å². The van der Waals surface area contributed by atoms with Crippen molar-refractivity contribution in [2.45, 2.75) is 20.8 Å². The summed E-state index contributed by atoms with van der Waals surface area (Å²) in [7, 11) is 0. The van der Waals surface area contributed by atoms with Crippen molar-refractivity contribution in [1.29, 1.82) is 0 Å². The minimum absolute atomic E-state index is 0.398. The molecular formula is C7H13NO2. The number of primary amides is 1. The molecule has 0 saturated carbocycles. The summed E-state index contributed by atoms with van der Waals surface area (Å²) in [5.41, 5.74) is 4.37. The van der Waals surface area contributed by atoms with Crippen LogP contribution >= 0.6 is 0 Å². The molecule has 1 unspecified atom stereocenters. The number of rotatable bonds is 3. The third-order valence-electron chi connectivity index (χ3n) is 1.85. The van der Waals surface area contributed by atoms with E-state index in [0.29, 0.717) is 0 Å². The van der Waals surface area contributed by atoms with Gasteiger partial charge in [0.2, 0.25) is 5.91 Å². The summed E-state index contributed by atoms with van der Waals surface area (Å²) in [5, 5.41) is 0. The molecule has 0 saturated heterocycles. The van der Waals surface area contributed by atoms with Crippen LogP contribution in [0.15, 0.2) is 0 Å². The van der Waals surface area contributed by atoms with E-state index in [1.165, 1.54) is 0 Å². The molecule has 0 radical (unpaired) electrons. The van der Waals surface area contributed by atoms with E-state index < -0.39 is 17.2 Å². The topological polar surface area (TPSA) is 60.2 Å². The largest absolute Gasteiger partial charge is 0.369 e. The first kappa shape index (κ1) is 9.14. The lowest BCUT2D eigenvalue weighted by molar-refractivity contribution is -0.129. The number of hydrogen-bond acceptors (Lipinski definition) is 2. The Morgan fingerprint density at radius 3 is 2.10 bits per heavy atom. The van der Waals surface area contributed by atoms with Crippen molar-refractivity contribution in [2.75, 3.05) is 0 Å². The third-order valence-corrected chi connectivity index (χ3v) is 1.85. The molecule has 0 aromatic rings. The van der Waals surface area contributed by atoms with E-state index in [4.69, 9.17) is 5.73 Å². The number of nitrogens with two attached hydrogens (primary N) is 1. The highest BCUT2D eigenvalue weighted by molar-refractivity contribution is 5.81. The van der Waals surface area contributed by atoms with E-state index in [0.717, 1.165) is 6.29 Å². The summed E-state index contributed by atoms with van der Waals surface area (Å²) in [6.45, 7) is 5.03. The molecule has 1 atom stereocenters. The van der Waals surface area contributed by atoms with Crippen LogP contribution in [0, 0.1) is 11.3 Å². The Morgan fingerprint density at radius 2 is 2.00 bits per heavy atom. The van der Waals surface area contributed by atoms with Gasteiger partial charge in [-0.25, -0.2) is 0 Å². The minimum atomic E-state index is -0.633. The quantitative estimate of drug-likeness (QED) is 0.579. The van der Waals surface area contributed by atoms with Crippen molar-refractivity contribution in [2.24, 2.45) is 17.1 Å². The van der Waals surface area contributed by atoms with Gasteiger partial charge in [-0.1, -0.05) is 20.8 Å². The second-order valence-corrected chi connectivity index (χ2v) is 3.06. The average Bonchev–Trinajstić information content (AvgIpc) is 1.86. The third kappa shape index (κ3) is 1.83. The van der Waals surface area contributed by atoms with E-state index in [-0.39, 0.29) is 0 Å². The number of hydrogen-bond donors (Lipinski definition) is 1. The smallest absolute Gasteiger partial charge is 0.221 e. The summed E-state index contributed by atoms with van der Waals surface area (Å²) in [6.07, 6.45) is 0.752. The highest BCUT2D eigenvalue weighted by Gasteiger charge is 2.29. The summed E-state index contributed by atoms with van der Waals surface area (Å²) >= 11 is 0. The molecule has 0 spiro atoms. The van der Waals surface area contributed by atoms with E-state index in [9.17, 15) is 9.59 Å². The average molecular weight is 143 g/mol.